The fourth-order valence-corrected chi connectivity index (χ4v) is 4.72. The van der Waals surface area contributed by atoms with Gasteiger partial charge in [-0.2, -0.15) is 5.10 Å². The molecule has 0 bridgehead atoms. The molecule has 3 heterocycles. The Morgan fingerprint density at radius 3 is 2.54 bits per heavy atom. The summed E-state index contributed by atoms with van der Waals surface area (Å²) in [6.07, 6.45) is 1.99. The predicted molar refractivity (Wildman–Crippen MR) is 107 cm³/mol. The first-order chi connectivity index (χ1) is 13.5. The number of rotatable bonds is 4. The van der Waals surface area contributed by atoms with E-state index in [0.717, 1.165) is 37.6 Å². The number of likely N-dealkylation sites (tertiary alicyclic amines) is 2. The van der Waals surface area contributed by atoms with Gasteiger partial charge < -0.3 is 14.5 Å². The van der Waals surface area contributed by atoms with E-state index in [0.29, 0.717) is 11.8 Å². The number of hydrogen-bond acceptors (Lipinski definition) is 4. The number of amides is 2. The molecule has 2 fully saturated rings. The zero-order valence-corrected chi connectivity index (χ0v) is 17.1. The third-order valence-electron chi connectivity index (χ3n) is 5.98. The van der Waals surface area contributed by atoms with Crippen molar-refractivity contribution in [1.29, 1.82) is 0 Å². The number of urea groups is 1. The smallest absolute Gasteiger partial charge is 0.320 e. The van der Waals surface area contributed by atoms with Gasteiger partial charge in [0.1, 0.15) is 5.75 Å². The van der Waals surface area contributed by atoms with E-state index in [1.54, 1.807) is 12.0 Å². The van der Waals surface area contributed by atoms with Crippen molar-refractivity contribution in [3.05, 3.63) is 47.8 Å². The summed E-state index contributed by atoms with van der Waals surface area (Å²) in [7, 11) is 7.28. The van der Waals surface area contributed by atoms with Crippen molar-refractivity contribution in [2.45, 2.75) is 12.6 Å². The topological polar surface area (TPSA) is 53.8 Å². The quantitative estimate of drug-likeness (QED) is 0.812. The maximum absolute atomic E-state index is 12.9. The van der Waals surface area contributed by atoms with Crippen LogP contribution in [0, 0.1) is 11.8 Å². The van der Waals surface area contributed by atoms with Gasteiger partial charge in [-0.25, -0.2) is 4.79 Å². The van der Waals surface area contributed by atoms with E-state index >= 15 is 0 Å². The number of nitrogens with zero attached hydrogens (tertiary/aromatic N) is 5. The summed E-state index contributed by atoms with van der Waals surface area (Å²) in [6, 6.07) is 10.4. The molecule has 2 saturated heterocycles. The molecule has 4 rings (SSSR count). The van der Waals surface area contributed by atoms with Crippen molar-refractivity contribution >= 4 is 6.03 Å². The summed E-state index contributed by atoms with van der Waals surface area (Å²) >= 11 is 0. The minimum Gasteiger partial charge on any atom is -0.497 e. The maximum Gasteiger partial charge on any atom is 0.320 e. The van der Waals surface area contributed by atoms with Crippen molar-refractivity contribution in [3.8, 4) is 5.75 Å². The van der Waals surface area contributed by atoms with Crippen LogP contribution in [0.3, 0.4) is 0 Å². The van der Waals surface area contributed by atoms with Gasteiger partial charge in [0.2, 0.25) is 0 Å². The van der Waals surface area contributed by atoms with Crippen LogP contribution in [0.5, 0.6) is 5.75 Å². The maximum atomic E-state index is 12.9. The van der Waals surface area contributed by atoms with Crippen LogP contribution in [0.2, 0.25) is 0 Å². The second-order valence-electron chi connectivity index (χ2n) is 8.15. The number of ether oxygens (including phenoxy) is 1. The minimum absolute atomic E-state index is 0.0893. The number of carbonyl (C=O) groups is 1. The van der Waals surface area contributed by atoms with Gasteiger partial charge in [-0.3, -0.25) is 9.58 Å². The van der Waals surface area contributed by atoms with Crippen LogP contribution in [-0.2, 0) is 13.6 Å². The molecule has 1 aromatic carbocycles. The highest BCUT2D eigenvalue weighted by Gasteiger charge is 2.49. The normalized spacial score (nSPS) is 24.4. The highest BCUT2D eigenvalue weighted by molar-refractivity contribution is 5.75. The van der Waals surface area contributed by atoms with Crippen LogP contribution < -0.4 is 4.74 Å². The fourth-order valence-electron chi connectivity index (χ4n) is 4.72. The van der Waals surface area contributed by atoms with Crippen LogP contribution in [0.1, 0.15) is 17.3 Å². The zero-order valence-electron chi connectivity index (χ0n) is 17.1. The number of hydrogen-bond donors (Lipinski definition) is 0. The van der Waals surface area contributed by atoms with E-state index in [9.17, 15) is 4.79 Å². The number of aryl methyl sites for hydroxylation is 1. The molecule has 0 spiro atoms. The first-order valence-electron chi connectivity index (χ1n) is 9.79. The molecule has 3 atom stereocenters. The molecule has 0 radical (unpaired) electrons. The molecule has 2 amide bonds. The largest absolute Gasteiger partial charge is 0.497 e. The van der Waals surface area contributed by atoms with Crippen molar-refractivity contribution in [1.82, 2.24) is 24.5 Å². The molecule has 2 aliphatic rings. The van der Waals surface area contributed by atoms with E-state index in [-0.39, 0.29) is 12.1 Å². The lowest BCUT2D eigenvalue weighted by Crippen LogP contribution is -2.41. The average molecular weight is 383 g/mol. The van der Waals surface area contributed by atoms with Gasteiger partial charge >= 0.3 is 6.03 Å². The van der Waals surface area contributed by atoms with Gasteiger partial charge in [0, 0.05) is 59.4 Å². The monoisotopic (exact) mass is 383 g/mol. The van der Waals surface area contributed by atoms with E-state index in [2.05, 4.69) is 33.1 Å². The Morgan fingerprint density at radius 1 is 1.18 bits per heavy atom. The molecule has 28 heavy (non-hydrogen) atoms. The molecule has 150 valence electrons. The van der Waals surface area contributed by atoms with Crippen molar-refractivity contribution < 1.29 is 9.53 Å². The van der Waals surface area contributed by atoms with E-state index in [1.165, 1.54) is 5.56 Å². The third kappa shape index (κ3) is 3.46. The molecule has 0 aliphatic carbocycles. The summed E-state index contributed by atoms with van der Waals surface area (Å²) in [6.45, 7) is 3.65. The lowest BCUT2D eigenvalue weighted by Gasteiger charge is -2.31. The van der Waals surface area contributed by atoms with Gasteiger partial charge in [0.25, 0.3) is 0 Å². The van der Waals surface area contributed by atoms with Gasteiger partial charge in [-0.15, -0.1) is 0 Å². The van der Waals surface area contributed by atoms with Gasteiger partial charge in [0.15, 0.2) is 0 Å². The van der Waals surface area contributed by atoms with E-state index in [1.807, 2.05) is 44.2 Å². The summed E-state index contributed by atoms with van der Waals surface area (Å²) < 4.78 is 7.16. The summed E-state index contributed by atoms with van der Waals surface area (Å²) in [5.41, 5.74) is 2.29. The highest BCUT2D eigenvalue weighted by Crippen LogP contribution is 2.45. The molecule has 0 saturated carbocycles. The van der Waals surface area contributed by atoms with Gasteiger partial charge in [-0.05, 0) is 29.7 Å². The number of methoxy groups -OCH3 is 1. The van der Waals surface area contributed by atoms with Crippen molar-refractivity contribution in [2.24, 2.45) is 18.9 Å². The van der Waals surface area contributed by atoms with Crippen LogP contribution in [0.4, 0.5) is 4.79 Å². The van der Waals surface area contributed by atoms with Crippen LogP contribution >= 0.6 is 0 Å². The van der Waals surface area contributed by atoms with Crippen LogP contribution in [-0.4, -0.2) is 71.4 Å². The van der Waals surface area contributed by atoms with Crippen LogP contribution in [0.25, 0.3) is 0 Å². The average Bonchev–Trinajstić information content (AvgIpc) is 3.35. The number of carbonyl (C=O) groups excluding carboxylic acids is 1. The molecule has 2 aromatic rings. The first kappa shape index (κ1) is 18.8. The Labute approximate surface area is 166 Å². The Hall–Kier alpha value is -2.54. The Kier molecular flexibility index (Phi) is 5.02. The summed E-state index contributed by atoms with van der Waals surface area (Å²) in [5.74, 6) is 1.76. The highest BCUT2D eigenvalue weighted by atomic mass is 16.5. The standard InChI is InChI=1S/C21H29N5O2/c1-23(2)21(27)26-12-16-11-25(13-17-9-10-24(3)22-17)14-19(16)20(26)15-5-7-18(28-4)8-6-15/h5-10,16,19-20H,11-14H2,1-4H3/t16-,19-,20+/m1/s1. The number of fused-ring (bicyclic) bond motifs is 1. The molecular formula is C21H29N5O2. The lowest BCUT2D eigenvalue weighted by molar-refractivity contribution is 0.151. The lowest BCUT2D eigenvalue weighted by atomic mass is 9.89. The summed E-state index contributed by atoms with van der Waals surface area (Å²) in [4.78, 5) is 19.1. The Morgan fingerprint density at radius 2 is 1.93 bits per heavy atom. The second-order valence-corrected chi connectivity index (χ2v) is 8.15. The molecule has 0 N–H and O–H groups in total. The SMILES string of the molecule is COc1ccc([C@H]2[C@@H]3CN(Cc4ccn(C)n4)C[C@@H]3CN2C(=O)N(C)C)cc1. The molecule has 1 aromatic heterocycles. The first-order valence-corrected chi connectivity index (χ1v) is 9.79. The summed E-state index contributed by atoms with van der Waals surface area (Å²) in [5, 5.41) is 4.52. The van der Waals surface area contributed by atoms with Crippen molar-refractivity contribution in [2.75, 3.05) is 40.8 Å². The fraction of sp³-hybridized carbons (Fsp3) is 0.524. The molecule has 7 heteroatoms. The zero-order chi connectivity index (χ0) is 19.8. The molecule has 0 unspecified atom stereocenters. The third-order valence-corrected chi connectivity index (χ3v) is 5.98. The van der Waals surface area contributed by atoms with Crippen LogP contribution in [0.15, 0.2) is 36.5 Å². The second kappa shape index (κ2) is 7.47. The molecule has 2 aliphatic heterocycles. The molecule has 7 nitrogen and oxygen atoms in total. The minimum atomic E-state index is 0.0893. The number of benzene rings is 1. The Bertz CT molecular complexity index is 832. The van der Waals surface area contributed by atoms with Crippen molar-refractivity contribution in [3.63, 3.8) is 0 Å². The van der Waals surface area contributed by atoms with E-state index in [4.69, 9.17) is 4.74 Å². The number of aromatic nitrogens is 2. The van der Waals surface area contributed by atoms with E-state index < -0.39 is 0 Å². The Balaban J connectivity index is 1.56. The van der Waals surface area contributed by atoms with Gasteiger partial charge in [-0.1, -0.05) is 12.1 Å². The molecular weight excluding hydrogens is 354 g/mol. The van der Waals surface area contributed by atoms with Gasteiger partial charge in [0.05, 0.1) is 18.8 Å². The predicted octanol–water partition coefficient (Wildman–Crippen LogP) is 2.22.